The molecule has 2 aliphatic rings. The van der Waals surface area contributed by atoms with E-state index >= 15 is 0 Å². The van der Waals surface area contributed by atoms with E-state index in [0.717, 1.165) is 12.8 Å². The lowest BCUT2D eigenvalue weighted by Crippen LogP contribution is -2.42. The molecule has 1 amide bonds. The van der Waals surface area contributed by atoms with Gasteiger partial charge in [0, 0.05) is 30.3 Å². The lowest BCUT2D eigenvalue weighted by molar-refractivity contribution is -0.122. The summed E-state index contributed by atoms with van der Waals surface area (Å²) in [6.07, 6.45) is 5.14. The van der Waals surface area contributed by atoms with Crippen LogP contribution in [0.5, 0.6) is 0 Å². The summed E-state index contributed by atoms with van der Waals surface area (Å²) < 4.78 is 23.0. The summed E-state index contributed by atoms with van der Waals surface area (Å²) in [7, 11) is -3.03. The number of amides is 1. The lowest BCUT2D eigenvalue weighted by Gasteiger charge is -2.29. The Bertz CT molecular complexity index is 437. The van der Waals surface area contributed by atoms with Gasteiger partial charge in [0.25, 0.3) is 0 Å². The highest BCUT2D eigenvalue weighted by molar-refractivity contribution is 7.91. The molecule has 0 aromatic heterocycles. The first kappa shape index (κ1) is 15.8. The Morgan fingerprint density at radius 3 is 2.45 bits per heavy atom. The predicted octanol–water partition coefficient (Wildman–Crippen LogP) is 0.847. The van der Waals surface area contributed by atoms with Crippen LogP contribution in [0.15, 0.2) is 0 Å². The zero-order valence-corrected chi connectivity index (χ0v) is 13.2. The first-order valence-corrected chi connectivity index (χ1v) is 9.46. The minimum Gasteiger partial charge on any atom is -0.353 e. The second-order valence-corrected chi connectivity index (χ2v) is 8.74. The standard InChI is InChI=1S/C14H26N2O3S/c1-3-20(18,19)9-10(2)15-14(17)8-11-6-12-4-5-13(7-11)16-12/h10-13,16H,3-9H2,1-2H3,(H,15,17). The molecule has 3 unspecified atom stereocenters. The van der Waals surface area contributed by atoms with E-state index in [4.69, 9.17) is 0 Å². The van der Waals surface area contributed by atoms with Crippen molar-refractivity contribution in [3.8, 4) is 0 Å². The van der Waals surface area contributed by atoms with E-state index in [0.29, 0.717) is 24.4 Å². The van der Waals surface area contributed by atoms with Crippen molar-refractivity contribution in [1.82, 2.24) is 10.6 Å². The van der Waals surface area contributed by atoms with Gasteiger partial charge in [-0.2, -0.15) is 0 Å². The van der Waals surface area contributed by atoms with Crippen molar-refractivity contribution in [1.29, 1.82) is 0 Å². The van der Waals surface area contributed by atoms with Crippen molar-refractivity contribution in [3.63, 3.8) is 0 Å². The molecule has 0 aromatic rings. The fourth-order valence-electron chi connectivity index (χ4n) is 3.48. The van der Waals surface area contributed by atoms with Crippen LogP contribution in [0.1, 0.15) is 46.0 Å². The molecule has 2 aliphatic heterocycles. The summed E-state index contributed by atoms with van der Waals surface area (Å²) in [5, 5.41) is 6.39. The maximum atomic E-state index is 12.0. The Morgan fingerprint density at radius 2 is 1.90 bits per heavy atom. The summed E-state index contributed by atoms with van der Waals surface area (Å²) in [6.45, 7) is 3.39. The smallest absolute Gasteiger partial charge is 0.220 e. The Kier molecular flexibility index (Phi) is 5.07. The van der Waals surface area contributed by atoms with Crippen LogP contribution in [0, 0.1) is 5.92 Å². The monoisotopic (exact) mass is 302 g/mol. The van der Waals surface area contributed by atoms with Gasteiger partial charge in [-0.05, 0) is 38.5 Å². The third-order valence-electron chi connectivity index (χ3n) is 4.40. The summed E-state index contributed by atoms with van der Waals surface area (Å²) in [5.74, 6) is 0.608. The van der Waals surface area contributed by atoms with Gasteiger partial charge < -0.3 is 10.6 Å². The molecular formula is C14H26N2O3S. The topological polar surface area (TPSA) is 75.3 Å². The summed E-state index contributed by atoms with van der Waals surface area (Å²) in [4.78, 5) is 12.0. The van der Waals surface area contributed by atoms with Crippen LogP contribution in [0.25, 0.3) is 0 Å². The number of rotatable bonds is 6. The Labute approximate surface area is 121 Å². The third kappa shape index (κ3) is 4.45. The van der Waals surface area contributed by atoms with Crippen LogP contribution >= 0.6 is 0 Å². The second-order valence-electron chi connectivity index (χ2n) is 6.35. The molecule has 2 saturated heterocycles. The van der Waals surface area contributed by atoms with Crippen molar-refractivity contribution in [2.24, 2.45) is 5.92 Å². The Balaban J connectivity index is 1.75. The fourth-order valence-corrected chi connectivity index (χ4v) is 4.56. The average molecular weight is 302 g/mol. The minimum atomic E-state index is -3.03. The van der Waals surface area contributed by atoms with Gasteiger partial charge in [0.05, 0.1) is 5.75 Å². The van der Waals surface area contributed by atoms with Gasteiger partial charge in [0.15, 0.2) is 9.84 Å². The Morgan fingerprint density at radius 1 is 1.30 bits per heavy atom. The summed E-state index contributed by atoms with van der Waals surface area (Å²) >= 11 is 0. The molecule has 2 fully saturated rings. The van der Waals surface area contributed by atoms with Crippen molar-refractivity contribution in [2.75, 3.05) is 11.5 Å². The number of hydrogen-bond donors (Lipinski definition) is 2. The molecule has 5 nitrogen and oxygen atoms in total. The number of carbonyl (C=O) groups is 1. The van der Waals surface area contributed by atoms with Gasteiger partial charge >= 0.3 is 0 Å². The molecule has 0 spiro atoms. The van der Waals surface area contributed by atoms with Gasteiger partial charge in [-0.15, -0.1) is 0 Å². The highest BCUT2D eigenvalue weighted by Crippen LogP contribution is 2.32. The normalized spacial score (nSPS) is 31.0. The molecule has 116 valence electrons. The number of nitrogens with one attached hydrogen (secondary N) is 2. The molecule has 0 aliphatic carbocycles. The minimum absolute atomic E-state index is 0.00453. The Hall–Kier alpha value is -0.620. The molecule has 2 bridgehead atoms. The lowest BCUT2D eigenvalue weighted by atomic mass is 9.89. The molecule has 2 rings (SSSR count). The molecule has 3 atom stereocenters. The van der Waals surface area contributed by atoms with E-state index in [1.54, 1.807) is 13.8 Å². The molecule has 0 aromatic carbocycles. The highest BCUT2D eigenvalue weighted by Gasteiger charge is 2.34. The summed E-state index contributed by atoms with van der Waals surface area (Å²) in [5.41, 5.74) is 0. The first-order valence-electron chi connectivity index (χ1n) is 7.63. The quantitative estimate of drug-likeness (QED) is 0.762. The van der Waals surface area contributed by atoms with E-state index in [1.165, 1.54) is 12.8 Å². The zero-order chi connectivity index (χ0) is 14.8. The van der Waals surface area contributed by atoms with Gasteiger partial charge in [-0.25, -0.2) is 8.42 Å². The zero-order valence-electron chi connectivity index (χ0n) is 12.4. The van der Waals surface area contributed by atoms with E-state index in [1.807, 2.05) is 0 Å². The van der Waals surface area contributed by atoms with Crippen LogP contribution < -0.4 is 10.6 Å². The van der Waals surface area contributed by atoms with E-state index in [2.05, 4.69) is 10.6 Å². The van der Waals surface area contributed by atoms with Gasteiger partial charge in [0.1, 0.15) is 0 Å². The molecule has 2 heterocycles. The van der Waals surface area contributed by atoms with E-state index in [9.17, 15) is 13.2 Å². The van der Waals surface area contributed by atoms with E-state index < -0.39 is 9.84 Å². The van der Waals surface area contributed by atoms with Crippen LogP contribution in [-0.4, -0.2) is 44.0 Å². The molecule has 2 N–H and O–H groups in total. The predicted molar refractivity (Wildman–Crippen MR) is 79.2 cm³/mol. The van der Waals surface area contributed by atoms with Crippen LogP contribution in [0.3, 0.4) is 0 Å². The maximum Gasteiger partial charge on any atom is 0.220 e. The molecule has 20 heavy (non-hydrogen) atoms. The van der Waals surface area contributed by atoms with Crippen LogP contribution in [-0.2, 0) is 14.6 Å². The van der Waals surface area contributed by atoms with Crippen molar-refractivity contribution < 1.29 is 13.2 Å². The number of piperidine rings is 1. The first-order chi connectivity index (χ1) is 9.38. The number of sulfone groups is 1. The van der Waals surface area contributed by atoms with Crippen molar-refractivity contribution in [3.05, 3.63) is 0 Å². The van der Waals surface area contributed by atoms with Crippen molar-refractivity contribution in [2.45, 2.75) is 64.1 Å². The van der Waals surface area contributed by atoms with Gasteiger partial charge in [0.2, 0.25) is 5.91 Å². The SMILES string of the molecule is CCS(=O)(=O)CC(C)NC(=O)CC1CC2CCC(C1)N2. The maximum absolute atomic E-state index is 12.0. The fraction of sp³-hybridized carbons (Fsp3) is 0.929. The van der Waals surface area contributed by atoms with Crippen LogP contribution in [0.2, 0.25) is 0 Å². The molecular weight excluding hydrogens is 276 g/mol. The number of hydrogen-bond acceptors (Lipinski definition) is 4. The van der Waals surface area contributed by atoms with Gasteiger partial charge in [-0.1, -0.05) is 6.92 Å². The average Bonchev–Trinajstić information content (AvgIpc) is 2.67. The van der Waals surface area contributed by atoms with Crippen molar-refractivity contribution >= 4 is 15.7 Å². The summed E-state index contributed by atoms with van der Waals surface area (Å²) in [6, 6.07) is 0.875. The van der Waals surface area contributed by atoms with Crippen LogP contribution in [0.4, 0.5) is 0 Å². The van der Waals surface area contributed by atoms with E-state index in [-0.39, 0.29) is 23.5 Å². The number of carbonyl (C=O) groups excluding carboxylic acids is 1. The number of fused-ring (bicyclic) bond motifs is 2. The molecule has 0 radical (unpaired) electrons. The third-order valence-corrected chi connectivity index (χ3v) is 6.28. The highest BCUT2D eigenvalue weighted by atomic mass is 32.2. The molecule has 0 saturated carbocycles. The van der Waals surface area contributed by atoms with Gasteiger partial charge in [-0.3, -0.25) is 4.79 Å². The second kappa shape index (κ2) is 6.43. The largest absolute Gasteiger partial charge is 0.353 e. The molecule has 6 heteroatoms.